The third kappa shape index (κ3) is 8.12. The summed E-state index contributed by atoms with van der Waals surface area (Å²) in [6.07, 6.45) is 11.1. The van der Waals surface area contributed by atoms with E-state index in [0.29, 0.717) is 18.5 Å². The van der Waals surface area contributed by atoms with E-state index in [-0.39, 0.29) is 0 Å². The van der Waals surface area contributed by atoms with Crippen molar-refractivity contribution < 1.29 is 4.74 Å². The first kappa shape index (κ1) is 21.1. The van der Waals surface area contributed by atoms with Crippen molar-refractivity contribution in [2.45, 2.75) is 39.2 Å². The molecule has 1 atom stereocenters. The Hall–Kier alpha value is -1.95. The van der Waals surface area contributed by atoms with Crippen LogP contribution in [0.1, 0.15) is 33.1 Å². The fourth-order valence-corrected chi connectivity index (χ4v) is 2.41. The number of nitrogens with zero attached hydrogens (tertiary/aromatic N) is 3. The van der Waals surface area contributed by atoms with Crippen molar-refractivity contribution in [1.29, 1.82) is 0 Å². The van der Waals surface area contributed by atoms with Crippen LogP contribution >= 0.6 is 0 Å². The minimum Gasteiger partial charge on any atom is -0.497 e. The van der Waals surface area contributed by atoms with Crippen molar-refractivity contribution >= 4 is 6.21 Å². The van der Waals surface area contributed by atoms with Gasteiger partial charge in [-0.3, -0.25) is 4.99 Å². The number of rotatable bonds is 10. The maximum absolute atomic E-state index is 6.02. The van der Waals surface area contributed by atoms with E-state index < -0.39 is 0 Å². The molecule has 1 aliphatic heterocycles. The normalized spacial score (nSPS) is 19.6. The number of allylic oxidation sites excluding steroid dienone is 5. The molecule has 1 unspecified atom stereocenters. The van der Waals surface area contributed by atoms with Gasteiger partial charge in [0.1, 0.15) is 12.8 Å². The van der Waals surface area contributed by atoms with Crippen LogP contribution in [0, 0.1) is 0 Å². The van der Waals surface area contributed by atoms with Gasteiger partial charge < -0.3 is 25.6 Å². The van der Waals surface area contributed by atoms with Crippen LogP contribution in [0.25, 0.3) is 0 Å². The zero-order valence-corrected chi connectivity index (χ0v) is 16.5. The van der Waals surface area contributed by atoms with E-state index in [1.807, 2.05) is 39.0 Å². The van der Waals surface area contributed by atoms with Gasteiger partial charge in [0, 0.05) is 45.3 Å². The summed E-state index contributed by atoms with van der Waals surface area (Å²) < 4.78 is 5.71. The predicted octanol–water partition coefficient (Wildman–Crippen LogP) is 2.27. The van der Waals surface area contributed by atoms with Gasteiger partial charge in [-0.15, -0.1) is 0 Å². The van der Waals surface area contributed by atoms with Gasteiger partial charge in [-0.05, 0) is 38.5 Å². The minimum atomic E-state index is 0.302. The molecule has 1 heterocycles. The van der Waals surface area contributed by atoms with E-state index in [0.717, 1.165) is 38.0 Å². The molecule has 1 rings (SSSR count). The number of hydrogen-bond donors (Lipinski definition) is 2. The molecule has 25 heavy (non-hydrogen) atoms. The fraction of sp³-hybridized carbons (Fsp3) is 0.632. The summed E-state index contributed by atoms with van der Waals surface area (Å²) in [6, 6.07) is 0. The summed E-state index contributed by atoms with van der Waals surface area (Å²) in [6.45, 7) is 6.72. The van der Waals surface area contributed by atoms with Crippen LogP contribution in [-0.2, 0) is 4.74 Å². The summed E-state index contributed by atoms with van der Waals surface area (Å²) in [5.41, 5.74) is 8.96. The van der Waals surface area contributed by atoms with Crippen molar-refractivity contribution in [3.05, 3.63) is 35.5 Å². The summed E-state index contributed by atoms with van der Waals surface area (Å²) in [5, 5.41) is 3.29. The average molecular weight is 350 g/mol. The average Bonchev–Trinajstić information content (AvgIpc) is 3.09. The van der Waals surface area contributed by atoms with Crippen LogP contribution in [-0.4, -0.2) is 63.0 Å². The molecule has 0 bridgehead atoms. The molecule has 0 amide bonds. The fourth-order valence-electron chi connectivity index (χ4n) is 2.41. The molecule has 0 radical (unpaired) electrons. The van der Waals surface area contributed by atoms with Gasteiger partial charge in [-0.1, -0.05) is 13.3 Å². The summed E-state index contributed by atoms with van der Waals surface area (Å²) in [7, 11) is 5.99. The summed E-state index contributed by atoms with van der Waals surface area (Å²) in [5.74, 6) is 0. The quantitative estimate of drug-likeness (QED) is 0.360. The maximum atomic E-state index is 6.02. The molecule has 142 valence electrons. The third-order valence-electron chi connectivity index (χ3n) is 4.26. The van der Waals surface area contributed by atoms with Gasteiger partial charge in [-0.25, -0.2) is 0 Å². The lowest BCUT2D eigenvalue weighted by atomic mass is 10.2. The zero-order chi connectivity index (χ0) is 18.7. The van der Waals surface area contributed by atoms with E-state index in [2.05, 4.69) is 28.2 Å². The highest BCUT2D eigenvalue weighted by Gasteiger charge is 2.13. The molecule has 3 N–H and O–H groups in total. The van der Waals surface area contributed by atoms with Gasteiger partial charge in [0.2, 0.25) is 0 Å². The summed E-state index contributed by atoms with van der Waals surface area (Å²) >= 11 is 0. The zero-order valence-electron chi connectivity index (χ0n) is 16.5. The minimum absolute atomic E-state index is 0.302. The van der Waals surface area contributed by atoms with Crippen molar-refractivity contribution in [3.63, 3.8) is 0 Å². The Kier molecular flexibility index (Phi) is 9.77. The SMILES string of the molecule is CCC/C(=C\C=C\OC1CCNC1)N(C)C/N=C\C(N)=C(/C)N(C)C. The molecule has 0 spiro atoms. The molecule has 0 aromatic carbocycles. The van der Waals surface area contributed by atoms with Crippen molar-refractivity contribution in [2.24, 2.45) is 10.7 Å². The van der Waals surface area contributed by atoms with E-state index in [9.17, 15) is 0 Å². The van der Waals surface area contributed by atoms with Crippen LogP contribution in [0.4, 0.5) is 0 Å². The summed E-state index contributed by atoms with van der Waals surface area (Å²) in [4.78, 5) is 8.58. The third-order valence-corrected chi connectivity index (χ3v) is 4.26. The van der Waals surface area contributed by atoms with E-state index in [4.69, 9.17) is 10.5 Å². The standard InChI is InChI=1S/C19H35N5O/c1-6-8-17(9-7-12-25-18-10-11-21-13-18)24(5)15-22-14-19(20)16(2)23(3)4/h7,9,12,14,18,21H,6,8,10-11,13,15,20H2,1-5H3/b12-7+,17-9+,19-16-,22-14-. The second-order valence-corrected chi connectivity index (χ2v) is 6.57. The molecule has 1 fully saturated rings. The van der Waals surface area contributed by atoms with Crippen molar-refractivity contribution in [3.8, 4) is 0 Å². The Balaban J connectivity index is 2.56. The molecule has 0 aromatic heterocycles. The molecular formula is C19H35N5O. The Bertz CT molecular complexity index is 502. The highest BCUT2D eigenvalue weighted by molar-refractivity contribution is 5.78. The van der Waals surface area contributed by atoms with Crippen LogP contribution < -0.4 is 11.1 Å². The first-order valence-corrected chi connectivity index (χ1v) is 9.02. The molecular weight excluding hydrogens is 314 g/mol. The highest BCUT2D eigenvalue weighted by atomic mass is 16.5. The largest absolute Gasteiger partial charge is 0.497 e. The number of ether oxygens (including phenoxy) is 1. The van der Waals surface area contributed by atoms with Crippen molar-refractivity contribution in [1.82, 2.24) is 15.1 Å². The van der Waals surface area contributed by atoms with E-state index >= 15 is 0 Å². The van der Waals surface area contributed by atoms with Crippen LogP contribution in [0.15, 0.2) is 40.5 Å². The first-order valence-electron chi connectivity index (χ1n) is 9.02. The number of nitrogens with one attached hydrogen (secondary N) is 1. The van der Waals surface area contributed by atoms with Gasteiger partial charge in [0.05, 0.1) is 12.0 Å². The molecule has 1 aliphatic rings. The smallest absolute Gasteiger partial charge is 0.111 e. The monoisotopic (exact) mass is 349 g/mol. The van der Waals surface area contributed by atoms with Crippen molar-refractivity contribution in [2.75, 3.05) is 40.9 Å². The maximum Gasteiger partial charge on any atom is 0.111 e. The van der Waals surface area contributed by atoms with Gasteiger partial charge in [0.15, 0.2) is 0 Å². The Morgan fingerprint density at radius 1 is 1.36 bits per heavy atom. The molecule has 6 heteroatoms. The lowest BCUT2D eigenvalue weighted by Crippen LogP contribution is -2.19. The van der Waals surface area contributed by atoms with Gasteiger partial charge in [-0.2, -0.15) is 0 Å². The first-order chi connectivity index (χ1) is 12.0. The lowest BCUT2D eigenvalue weighted by molar-refractivity contribution is 0.163. The topological polar surface area (TPSA) is 66.1 Å². The highest BCUT2D eigenvalue weighted by Crippen LogP contribution is 2.10. The predicted molar refractivity (Wildman–Crippen MR) is 106 cm³/mol. The van der Waals surface area contributed by atoms with Crippen LogP contribution in [0.5, 0.6) is 0 Å². The molecule has 6 nitrogen and oxygen atoms in total. The van der Waals surface area contributed by atoms with Gasteiger partial charge in [0.25, 0.3) is 0 Å². The van der Waals surface area contributed by atoms with Crippen LogP contribution in [0.2, 0.25) is 0 Å². The number of hydrogen-bond acceptors (Lipinski definition) is 6. The van der Waals surface area contributed by atoms with Crippen LogP contribution in [0.3, 0.4) is 0 Å². The Labute approximate surface area is 153 Å². The second kappa shape index (κ2) is 11.6. The Morgan fingerprint density at radius 2 is 2.12 bits per heavy atom. The Morgan fingerprint density at radius 3 is 2.72 bits per heavy atom. The second-order valence-electron chi connectivity index (χ2n) is 6.57. The number of aliphatic imine (C=N–C) groups is 1. The molecule has 1 saturated heterocycles. The molecule has 0 saturated carbocycles. The number of nitrogens with two attached hydrogens (primary N) is 1. The molecule has 0 aromatic rings. The van der Waals surface area contributed by atoms with Gasteiger partial charge >= 0.3 is 0 Å². The van der Waals surface area contributed by atoms with E-state index in [1.165, 1.54) is 5.70 Å². The lowest BCUT2D eigenvalue weighted by Gasteiger charge is -2.20. The van der Waals surface area contributed by atoms with E-state index in [1.54, 1.807) is 12.5 Å². The molecule has 0 aliphatic carbocycles.